The molecule has 0 amide bonds. The Morgan fingerprint density at radius 1 is 0.821 bits per heavy atom. The van der Waals surface area contributed by atoms with Crippen molar-refractivity contribution in [1.82, 2.24) is 9.21 Å². The van der Waals surface area contributed by atoms with Crippen molar-refractivity contribution in [2.75, 3.05) is 26.2 Å². The number of benzene rings is 1. The molecular weight excluding hydrogens is 384 g/mol. The van der Waals surface area contributed by atoms with E-state index in [9.17, 15) is 8.42 Å². The van der Waals surface area contributed by atoms with Gasteiger partial charge in [-0.1, -0.05) is 31.0 Å². The van der Waals surface area contributed by atoms with E-state index in [-0.39, 0.29) is 0 Å². The van der Waals surface area contributed by atoms with E-state index in [1.54, 1.807) is 28.6 Å². The van der Waals surface area contributed by atoms with Crippen molar-refractivity contribution in [2.24, 2.45) is 0 Å². The van der Waals surface area contributed by atoms with Crippen molar-refractivity contribution < 1.29 is 28.2 Å². The molecule has 0 radical (unpaired) electrons. The topological polar surface area (TPSA) is 115 Å². The number of nitrogens with zero attached hydrogens (tertiary/aromatic N) is 2. The third-order valence-electron chi connectivity index (χ3n) is 5.14. The van der Waals surface area contributed by atoms with Crippen LogP contribution in [-0.2, 0) is 19.6 Å². The van der Waals surface area contributed by atoms with Gasteiger partial charge in [-0.25, -0.2) is 18.0 Å². The lowest BCUT2D eigenvalue weighted by Crippen LogP contribution is -2.46. The highest BCUT2D eigenvalue weighted by Gasteiger charge is 2.31. The van der Waals surface area contributed by atoms with Crippen LogP contribution in [0, 0.1) is 0 Å². The van der Waals surface area contributed by atoms with Gasteiger partial charge >= 0.3 is 11.9 Å². The largest absolute Gasteiger partial charge is 0.473 e. The molecule has 0 saturated carbocycles. The zero-order valence-electron chi connectivity index (χ0n) is 15.9. The van der Waals surface area contributed by atoms with Crippen LogP contribution in [0.4, 0.5) is 0 Å². The second kappa shape index (κ2) is 10.5. The molecule has 9 heteroatoms. The SMILES string of the molecule is O=C(O)C(=O)O.O=S(=O)(c1ccccc1)N1CCC(N2CCCCCC2)CC1. The molecule has 0 unspecified atom stereocenters. The van der Waals surface area contributed by atoms with Gasteiger partial charge in [0, 0.05) is 19.1 Å². The van der Waals surface area contributed by atoms with Crippen molar-refractivity contribution in [3.8, 4) is 0 Å². The number of rotatable bonds is 3. The van der Waals surface area contributed by atoms with E-state index in [1.165, 1.54) is 38.8 Å². The fourth-order valence-corrected chi connectivity index (χ4v) is 5.14. The molecule has 8 nitrogen and oxygen atoms in total. The summed E-state index contributed by atoms with van der Waals surface area (Å²) in [5, 5.41) is 14.8. The third-order valence-corrected chi connectivity index (χ3v) is 7.06. The van der Waals surface area contributed by atoms with Crippen LogP contribution in [0.25, 0.3) is 0 Å². The molecule has 0 aromatic heterocycles. The Bertz CT molecular complexity index is 725. The Morgan fingerprint density at radius 3 is 1.79 bits per heavy atom. The maximum Gasteiger partial charge on any atom is 0.414 e. The first-order chi connectivity index (χ1) is 13.3. The number of piperidine rings is 1. The number of likely N-dealkylation sites (tertiary alicyclic amines) is 1. The van der Waals surface area contributed by atoms with Crippen molar-refractivity contribution in [1.29, 1.82) is 0 Å². The minimum atomic E-state index is -3.31. The van der Waals surface area contributed by atoms with Crippen molar-refractivity contribution >= 4 is 22.0 Å². The molecule has 2 aliphatic rings. The third kappa shape index (κ3) is 6.29. The molecule has 3 rings (SSSR count). The number of carboxylic acid groups (broad SMARTS) is 2. The minimum Gasteiger partial charge on any atom is -0.473 e. The molecule has 1 aromatic rings. The van der Waals surface area contributed by atoms with E-state index < -0.39 is 22.0 Å². The van der Waals surface area contributed by atoms with Crippen LogP contribution in [0.3, 0.4) is 0 Å². The van der Waals surface area contributed by atoms with E-state index in [0.29, 0.717) is 24.0 Å². The molecule has 2 heterocycles. The lowest BCUT2D eigenvalue weighted by atomic mass is 10.0. The zero-order valence-corrected chi connectivity index (χ0v) is 16.7. The summed E-state index contributed by atoms with van der Waals surface area (Å²) >= 11 is 0. The Kier molecular flexibility index (Phi) is 8.40. The summed E-state index contributed by atoms with van der Waals surface area (Å²) in [6, 6.07) is 9.38. The predicted octanol–water partition coefficient (Wildman–Crippen LogP) is 1.87. The highest BCUT2D eigenvalue weighted by molar-refractivity contribution is 7.89. The summed E-state index contributed by atoms with van der Waals surface area (Å²) in [6.07, 6.45) is 7.21. The number of hydrogen-bond acceptors (Lipinski definition) is 5. The van der Waals surface area contributed by atoms with Crippen LogP contribution >= 0.6 is 0 Å². The van der Waals surface area contributed by atoms with Crippen LogP contribution in [-0.4, -0.2) is 72.0 Å². The molecule has 0 aliphatic carbocycles. The lowest BCUT2D eigenvalue weighted by Gasteiger charge is -2.37. The quantitative estimate of drug-likeness (QED) is 0.728. The molecule has 0 spiro atoms. The van der Waals surface area contributed by atoms with Crippen LogP contribution in [0.2, 0.25) is 0 Å². The Hall–Kier alpha value is -1.97. The molecule has 28 heavy (non-hydrogen) atoms. The summed E-state index contributed by atoms with van der Waals surface area (Å²) in [6.45, 7) is 3.68. The van der Waals surface area contributed by atoms with Crippen LogP contribution in [0.1, 0.15) is 38.5 Å². The van der Waals surface area contributed by atoms with Gasteiger partial charge in [-0.15, -0.1) is 0 Å². The maximum absolute atomic E-state index is 12.6. The Morgan fingerprint density at radius 2 is 1.32 bits per heavy atom. The van der Waals surface area contributed by atoms with Gasteiger partial charge in [-0.2, -0.15) is 4.31 Å². The second-order valence-corrected chi connectivity index (χ2v) is 8.95. The standard InChI is InChI=1S/C17H26N2O2S.C2H2O4/c20-22(21,17-8-4-3-5-9-17)19-14-10-16(11-15-19)18-12-6-1-2-7-13-18;3-1(4)2(5)6/h3-5,8-9,16H,1-2,6-7,10-15H2;(H,3,4)(H,5,6). The van der Waals surface area contributed by atoms with Gasteiger partial charge in [-0.05, 0) is 50.9 Å². The summed E-state index contributed by atoms with van der Waals surface area (Å²) in [4.78, 5) is 21.2. The number of carbonyl (C=O) groups is 2. The number of carboxylic acids is 2. The van der Waals surface area contributed by atoms with E-state index >= 15 is 0 Å². The van der Waals surface area contributed by atoms with E-state index in [2.05, 4.69) is 4.90 Å². The average molecular weight is 413 g/mol. The number of hydrogen-bond donors (Lipinski definition) is 2. The summed E-state index contributed by atoms with van der Waals surface area (Å²) < 4.78 is 26.9. The summed E-state index contributed by atoms with van der Waals surface area (Å²) in [5.41, 5.74) is 0. The second-order valence-electron chi connectivity index (χ2n) is 7.01. The summed E-state index contributed by atoms with van der Waals surface area (Å²) in [7, 11) is -3.31. The molecule has 2 N–H and O–H groups in total. The monoisotopic (exact) mass is 412 g/mol. The smallest absolute Gasteiger partial charge is 0.414 e. The van der Waals surface area contributed by atoms with E-state index in [4.69, 9.17) is 19.8 Å². The molecule has 0 atom stereocenters. The fourth-order valence-electron chi connectivity index (χ4n) is 3.65. The average Bonchev–Trinajstić information content (AvgIpc) is 2.99. The van der Waals surface area contributed by atoms with Crippen LogP contribution in [0.15, 0.2) is 35.2 Å². The Labute approximate surface area is 165 Å². The first-order valence-corrected chi connectivity index (χ1v) is 11.0. The molecule has 1 aromatic carbocycles. The highest BCUT2D eigenvalue weighted by Crippen LogP contribution is 2.24. The van der Waals surface area contributed by atoms with Crippen molar-refractivity contribution in [2.45, 2.75) is 49.5 Å². The molecule has 2 fully saturated rings. The predicted molar refractivity (Wildman–Crippen MR) is 104 cm³/mol. The van der Waals surface area contributed by atoms with Crippen LogP contribution < -0.4 is 0 Å². The lowest BCUT2D eigenvalue weighted by molar-refractivity contribution is -0.159. The van der Waals surface area contributed by atoms with Crippen LogP contribution in [0.5, 0.6) is 0 Å². The summed E-state index contributed by atoms with van der Waals surface area (Å²) in [5.74, 6) is -3.65. The van der Waals surface area contributed by atoms with Gasteiger partial charge in [0.2, 0.25) is 10.0 Å². The molecule has 2 saturated heterocycles. The molecule has 156 valence electrons. The Balaban J connectivity index is 0.000000409. The number of sulfonamides is 1. The van der Waals surface area contributed by atoms with Gasteiger partial charge in [0.15, 0.2) is 0 Å². The molecular formula is C19H28N2O6S. The van der Waals surface area contributed by atoms with E-state index in [0.717, 1.165) is 12.8 Å². The van der Waals surface area contributed by atoms with Crippen molar-refractivity contribution in [3.05, 3.63) is 30.3 Å². The minimum absolute atomic E-state index is 0.420. The van der Waals surface area contributed by atoms with Gasteiger partial charge in [0.25, 0.3) is 0 Å². The number of aliphatic carboxylic acids is 2. The van der Waals surface area contributed by atoms with Gasteiger partial charge in [-0.3, -0.25) is 0 Å². The van der Waals surface area contributed by atoms with Gasteiger partial charge < -0.3 is 15.1 Å². The normalized spacial score (nSPS) is 19.9. The van der Waals surface area contributed by atoms with Crippen molar-refractivity contribution in [3.63, 3.8) is 0 Å². The molecule has 0 bridgehead atoms. The molecule has 2 aliphatic heterocycles. The fraction of sp³-hybridized carbons (Fsp3) is 0.579. The van der Waals surface area contributed by atoms with Gasteiger partial charge in [0.05, 0.1) is 4.90 Å². The van der Waals surface area contributed by atoms with Gasteiger partial charge in [0.1, 0.15) is 0 Å². The maximum atomic E-state index is 12.6. The van der Waals surface area contributed by atoms with E-state index in [1.807, 2.05) is 6.07 Å². The highest BCUT2D eigenvalue weighted by atomic mass is 32.2. The first kappa shape index (κ1) is 22.3. The first-order valence-electron chi connectivity index (χ1n) is 9.58. The zero-order chi connectivity index (χ0) is 20.6.